The zero-order valence-electron chi connectivity index (χ0n) is 20.4. The average molecular weight is 500 g/mol. The first-order chi connectivity index (χ1) is 16.8. The van der Waals surface area contributed by atoms with Gasteiger partial charge in [-0.15, -0.1) is 0 Å². The van der Waals surface area contributed by atoms with Gasteiger partial charge in [0, 0.05) is 18.0 Å². The average Bonchev–Trinajstić information content (AvgIpc) is 2.87. The largest absolute Gasteiger partial charge is 0.497 e. The fourth-order valence-corrected chi connectivity index (χ4v) is 4.19. The monoisotopic (exact) mass is 499 g/mol. The second-order valence-electron chi connectivity index (χ2n) is 7.20. The molecule has 1 aromatic carbocycles. The Morgan fingerprint density at radius 3 is 2.40 bits per heavy atom. The van der Waals surface area contributed by atoms with E-state index in [1.807, 2.05) is 0 Å². The molecule has 186 valence electrons. The first-order valence-electron chi connectivity index (χ1n) is 10.6. The number of carbonyl (C=O) groups excluding carboxylic acids is 2. The summed E-state index contributed by atoms with van der Waals surface area (Å²) in [4.78, 5) is 25.0. The summed E-state index contributed by atoms with van der Waals surface area (Å²) in [5.41, 5.74) is 1.57. The maximum atomic E-state index is 12.5. The Balaban J connectivity index is 2.28. The number of nitriles is 1. The van der Waals surface area contributed by atoms with Crippen molar-refractivity contribution in [3.63, 3.8) is 0 Å². The lowest BCUT2D eigenvalue weighted by molar-refractivity contribution is -0.121. The van der Waals surface area contributed by atoms with Gasteiger partial charge in [-0.2, -0.15) is 5.26 Å². The number of ether oxygens (including phenoxy) is 4. The van der Waals surface area contributed by atoms with E-state index in [0.717, 1.165) is 11.8 Å². The van der Waals surface area contributed by atoms with Crippen LogP contribution >= 0.6 is 11.8 Å². The van der Waals surface area contributed by atoms with Gasteiger partial charge < -0.3 is 29.6 Å². The number of nitrogens with zero attached hydrogens (tertiary/aromatic N) is 1. The molecule has 0 radical (unpaired) electrons. The Morgan fingerprint density at radius 1 is 1.23 bits per heavy atom. The quantitative estimate of drug-likeness (QED) is 0.351. The summed E-state index contributed by atoms with van der Waals surface area (Å²) >= 11 is 1.08. The molecule has 2 rings (SSSR count). The van der Waals surface area contributed by atoms with Crippen LogP contribution in [0.15, 0.2) is 59.0 Å². The molecule has 10 heteroatoms. The van der Waals surface area contributed by atoms with E-state index < -0.39 is 5.92 Å². The number of thioether (sulfide) groups is 1. The van der Waals surface area contributed by atoms with Gasteiger partial charge in [-0.1, -0.05) is 24.4 Å². The van der Waals surface area contributed by atoms with Crippen LogP contribution in [0, 0.1) is 11.3 Å². The molecule has 0 saturated carbocycles. The summed E-state index contributed by atoms with van der Waals surface area (Å²) in [6, 6.07) is 5.63. The van der Waals surface area contributed by atoms with Crippen LogP contribution in [0.5, 0.6) is 17.2 Å². The van der Waals surface area contributed by atoms with Crippen molar-refractivity contribution in [3.8, 4) is 23.3 Å². The van der Waals surface area contributed by atoms with E-state index in [1.165, 1.54) is 28.4 Å². The van der Waals surface area contributed by atoms with Crippen LogP contribution in [0.25, 0.3) is 0 Å². The van der Waals surface area contributed by atoms with Crippen molar-refractivity contribution in [3.05, 3.63) is 64.6 Å². The second kappa shape index (κ2) is 13.2. The molecule has 1 aromatic rings. The Labute approximate surface area is 209 Å². The third-order valence-electron chi connectivity index (χ3n) is 5.10. The van der Waals surface area contributed by atoms with Gasteiger partial charge in [-0.3, -0.25) is 9.59 Å². The molecule has 1 heterocycles. The highest BCUT2D eigenvalue weighted by Crippen LogP contribution is 2.44. The highest BCUT2D eigenvalue weighted by molar-refractivity contribution is 8.03. The van der Waals surface area contributed by atoms with E-state index >= 15 is 0 Å². The SMILES string of the molecule is C=C(C=CC(=CC)NC(=O)CSC1=C(C#N)C(c2cc(OC)c(OC)c(OC)c2)CC(=O)N1)OC. The molecule has 0 aliphatic carbocycles. The number of amides is 2. The number of hydrogen-bond acceptors (Lipinski definition) is 8. The van der Waals surface area contributed by atoms with Crippen LogP contribution in [0.3, 0.4) is 0 Å². The lowest BCUT2D eigenvalue weighted by Gasteiger charge is -2.26. The summed E-state index contributed by atoms with van der Waals surface area (Å²) in [7, 11) is 5.99. The van der Waals surface area contributed by atoms with Gasteiger partial charge in [0.2, 0.25) is 17.6 Å². The smallest absolute Gasteiger partial charge is 0.234 e. The van der Waals surface area contributed by atoms with Crippen LogP contribution in [-0.4, -0.2) is 46.0 Å². The topological polar surface area (TPSA) is 119 Å². The van der Waals surface area contributed by atoms with E-state index in [-0.39, 0.29) is 24.0 Å². The number of rotatable bonds is 11. The van der Waals surface area contributed by atoms with E-state index in [0.29, 0.717) is 44.9 Å². The molecule has 1 unspecified atom stereocenters. The van der Waals surface area contributed by atoms with Crippen molar-refractivity contribution in [2.75, 3.05) is 34.2 Å². The van der Waals surface area contributed by atoms with Gasteiger partial charge in [-0.25, -0.2) is 0 Å². The van der Waals surface area contributed by atoms with Crippen molar-refractivity contribution in [1.82, 2.24) is 10.6 Å². The minimum atomic E-state index is -0.540. The molecule has 2 N–H and O–H groups in total. The van der Waals surface area contributed by atoms with Crippen molar-refractivity contribution in [1.29, 1.82) is 5.26 Å². The van der Waals surface area contributed by atoms with Crippen LogP contribution in [0.1, 0.15) is 24.8 Å². The molecule has 0 aromatic heterocycles. The molecule has 1 aliphatic rings. The van der Waals surface area contributed by atoms with Crippen LogP contribution < -0.4 is 24.8 Å². The van der Waals surface area contributed by atoms with Crippen molar-refractivity contribution < 1.29 is 28.5 Å². The minimum Gasteiger partial charge on any atom is -0.497 e. The molecule has 2 amide bonds. The fourth-order valence-electron chi connectivity index (χ4n) is 3.32. The number of methoxy groups -OCH3 is 4. The van der Waals surface area contributed by atoms with Crippen LogP contribution in [-0.2, 0) is 14.3 Å². The summed E-state index contributed by atoms with van der Waals surface area (Å²) in [6.45, 7) is 5.47. The molecule has 0 spiro atoms. The third-order valence-corrected chi connectivity index (χ3v) is 6.12. The molecule has 35 heavy (non-hydrogen) atoms. The Kier molecular flexibility index (Phi) is 10.3. The minimum absolute atomic E-state index is 0.0147. The fraction of sp³-hybridized carbons (Fsp3) is 0.320. The van der Waals surface area contributed by atoms with Gasteiger partial charge in [-0.05, 0) is 36.8 Å². The second-order valence-corrected chi connectivity index (χ2v) is 8.19. The first-order valence-corrected chi connectivity index (χ1v) is 11.5. The molecule has 9 nitrogen and oxygen atoms in total. The lowest BCUT2D eigenvalue weighted by atomic mass is 9.86. The predicted molar refractivity (Wildman–Crippen MR) is 134 cm³/mol. The lowest BCUT2D eigenvalue weighted by Crippen LogP contribution is -2.32. The standard InChI is InChI=1S/C25H29N3O6S/c1-7-17(9-8-15(2)31-3)27-23(30)14-35-25-19(13-26)18(12-22(29)28-25)16-10-20(32-4)24(34-6)21(11-16)33-5/h7-11,18H,2,12,14H2,1,3-6H3,(H,27,30)(H,28,29). The van der Waals surface area contributed by atoms with Gasteiger partial charge in [0.15, 0.2) is 11.5 Å². The van der Waals surface area contributed by atoms with Crippen LogP contribution in [0.2, 0.25) is 0 Å². The number of nitrogens with one attached hydrogen (secondary N) is 2. The Bertz CT molecular complexity index is 1090. The van der Waals surface area contributed by atoms with E-state index in [1.54, 1.807) is 37.3 Å². The summed E-state index contributed by atoms with van der Waals surface area (Å²) in [5.74, 6) is 0.575. The normalized spacial score (nSPS) is 15.8. The van der Waals surface area contributed by atoms with E-state index in [4.69, 9.17) is 18.9 Å². The Hall–Kier alpha value is -3.84. The third kappa shape index (κ3) is 7.07. The number of carbonyl (C=O) groups is 2. The predicted octanol–water partition coefficient (Wildman–Crippen LogP) is 3.52. The summed E-state index contributed by atoms with van der Waals surface area (Å²) < 4.78 is 21.2. The molecule has 1 atom stereocenters. The molecule has 0 saturated heterocycles. The van der Waals surface area contributed by atoms with Crippen molar-refractivity contribution in [2.45, 2.75) is 19.3 Å². The van der Waals surface area contributed by atoms with E-state index in [2.05, 4.69) is 23.3 Å². The molecule has 0 bridgehead atoms. The number of benzene rings is 1. The van der Waals surface area contributed by atoms with Gasteiger partial charge in [0.25, 0.3) is 0 Å². The summed E-state index contributed by atoms with van der Waals surface area (Å²) in [5, 5.41) is 15.8. The summed E-state index contributed by atoms with van der Waals surface area (Å²) in [6.07, 6.45) is 5.08. The van der Waals surface area contributed by atoms with Crippen LogP contribution in [0.4, 0.5) is 0 Å². The maximum absolute atomic E-state index is 12.5. The van der Waals surface area contributed by atoms with Gasteiger partial charge >= 0.3 is 0 Å². The Morgan fingerprint density at radius 2 is 1.89 bits per heavy atom. The maximum Gasteiger partial charge on any atom is 0.234 e. The van der Waals surface area contributed by atoms with Crippen molar-refractivity contribution >= 4 is 23.6 Å². The molecular formula is C25H29N3O6S. The number of allylic oxidation sites excluding steroid dienone is 4. The highest BCUT2D eigenvalue weighted by Gasteiger charge is 2.31. The van der Waals surface area contributed by atoms with E-state index in [9.17, 15) is 14.9 Å². The first kappa shape index (κ1) is 27.4. The molecular weight excluding hydrogens is 470 g/mol. The zero-order chi connectivity index (χ0) is 26.0. The van der Waals surface area contributed by atoms with Gasteiger partial charge in [0.1, 0.15) is 5.76 Å². The van der Waals surface area contributed by atoms with Gasteiger partial charge in [0.05, 0.1) is 50.9 Å². The highest BCUT2D eigenvalue weighted by atomic mass is 32.2. The molecule has 1 aliphatic heterocycles. The number of hydrogen-bond donors (Lipinski definition) is 2. The molecule has 0 fully saturated rings. The zero-order valence-corrected chi connectivity index (χ0v) is 21.2. The van der Waals surface area contributed by atoms with Crippen molar-refractivity contribution in [2.24, 2.45) is 0 Å².